The molecule has 0 aliphatic rings. The van der Waals surface area contributed by atoms with Crippen molar-refractivity contribution in [3.05, 3.63) is 52.9 Å². The van der Waals surface area contributed by atoms with E-state index in [4.69, 9.17) is 11.6 Å². The SMILES string of the molecule is Cn1cc(Cn2cc(CO)c3ccc(Cl)cc32)cn1. The highest BCUT2D eigenvalue weighted by Gasteiger charge is 2.09. The number of rotatable bonds is 3. The number of benzene rings is 1. The average molecular weight is 276 g/mol. The zero-order valence-electron chi connectivity index (χ0n) is 10.5. The molecular weight excluding hydrogens is 262 g/mol. The normalized spacial score (nSPS) is 11.3. The van der Waals surface area contributed by atoms with E-state index in [0.29, 0.717) is 11.6 Å². The summed E-state index contributed by atoms with van der Waals surface area (Å²) in [7, 11) is 1.90. The van der Waals surface area contributed by atoms with Gasteiger partial charge in [0.15, 0.2) is 0 Å². The second kappa shape index (κ2) is 4.72. The van der Waals surface area contributed by atoms with E-state index in [1.54, 1.807) is 4.68 Å². The first-order chi connectivity index (χ1) is 9.17. The summed E-state index contributed by atoms with van der Waals surface area (Å²) in [4.78, 5) is 0. The third-order valence-electron chi connectivity index (χ3n) is 3.21. The molecule has 0 radical (unpaired) electrons. The van der Waals surface area contributed by atoms with Crippen molar-refractivity contribution in [3.63, 3.8) is 0 Å². The van der Waals surface area contributed by atoms with E-state index in [1.165, 1.54) is 0 Å². The molecule has 0 saturated carbocycles. The number of nitrogens with zero attached hydrogens (tertiary/aromatic N) is 3. The fourth-order valence-electron chi connectivity index (χ4n) is 2.35. The maximum Gasteiger partial charge on any atom is 0.0702 e. The van der Waals surface area contributed by atoms with Crippen molar-refractivity contribution in [1.82, 2.24) is 14.3 Å². The summed E-state index contributed by atoms with van der Waals surface area (Å²) in [6.45, 7) is 0.739. The second-order valence-corrected chi connectivity index (χ2v) is 5.06. The molecule has 0 aliphatic carbocycles. The van der Waals surface area contributed by atoms with Gasteiger partial charge >= 0.3 is 0 Å². The van der Waals surface area contributed by atoms with Crippen LogP contribution in [0.4, 0.5) is 0 Å². The highest BCUT2D eigenvalue weighted by Crippen LogP contribution is 2.25. The van der Waals surface area contributed by atoms with Crippen LogP contribution in [0.25, 0.3) is 10.9 Å². The lowest BCUT2D eigenvalue weighted by atomic mass is 10.2. The lowest BCUT2D eigenvalue weighted by Crippen LogP contribution is -1.96. The Morgan fingerprint density at radius 2 is 2.16 bits per heavy atom. The molecular formula is C14H14ClN3O. The van der Waals surface area contributed by atoms with Crippen LogP contribution in [0, 0.1) is 0 Å². The van der Waals surface area contributed by atoms with E-state index in [9.17, 15) is 5.11 Å². The summed E-state index contributed by atoms with van der Waals surface area (Å²) < 4.78 is 3.87. The van der Waals surface area contributed by atoms with Crippen molar-refractivity contribution in [2.24, 2.45) is 7.05 Å². The Kier molecular flexibility index (Phi) is 3.05. The van der Waals surface area contributed by atoms with Gasteiger partial charge in [-0.3, -0.25) is 4.68 Å². The van der Waals surface area contributed by atoms with Gasteiger partial charge in [0.1, 0.15) is 0 Å². The average Bonchev–Trinajstić information content (AvgIpc) is 2.94. The molecule has 2 aromatic heterocycles. The third kappa shape index (κ3) is 2.25. The predicted octanol–water partition coefficient (Wildman–Crippen LogP) is 2.57. The van der Waals surface area contributed by atoms with Crippen molar-refractivity contribution in [3.8, 4) is 0 Å². The number of fused-ring (bicyclic) bond motifs is 1. The summed E-state index contributed by atoms with van der Waals surface area (Å²) in [6, 6.07) is 5.72. The minimum absolute atomic E-state index is 0.0260. The molecule has 1 N–H and O–H groups in total. The molecule has 3 aromatic rings. The number of aliphatic hydroxyl groups excluding tert-OH is 1. The van der Waals surface area contributed by atoms with E-state index in [0.717, 1.165) is 22.0 Å². The fraction of sp³-hybridized carbons (Fsp3) is 0.214. The molecule has 4 nitrogen and oxygen atoms in total. The van der Waals surface area contributed by atoms with Gasteiger partial charge in [-0.15, -0.1) is 0 Å². The molecule has 3 rings (SSSR count). The topological polar surface area (TPSA) is 43.0 Å². The quantitative estimate of drug-likeness (QED) is 0.798. The Morgan fingerprint density at radius 1 is 1.32 bits per heavy atom. The first kappa shape index (κ1) is 12.3. The zero-order chi connectivity index (χ0) is 13.4. The molecule has 0 unspecified atom stereocenters. The van der Waals surface area contributed by atoms with E-state index in [1.807, 2.05) is 43.8 Å². The second-order valence-electron chi connectivity index (χ2n) is 4.62. The number of aliphatic hydroxyl groups is 1. The standard InChI is InChI=1S/C14H14ClN3O/c1-17-6-10(5-16-17)7-18-8-11(9-19)13-3-2-12(15)4-14(13)18/h2-6,8,19H,7,9H2,1H3. The lowest BCUT2D eigenvalue weighted by molar-refractivity contribution is 0.283. The van der Waals surface area contributed by atoms with Crippen molar-refractivity contribution >= 4 is 22.5 Å². The number of hydrogen-bond donors (Lipinski definition) is 1. The summed E-state index contributed by atoms with van der Waals surface area (Å²) in [5.74, 6) is 0. The Balaban J connectivity index is 2.09. The number of aromatic nitrogens is 3. The van der Waals surface area contributed by atoms with Crippen LogP contribution in [0.5, 0.6) is 0 Å². The van der Waals surface area contributed by atoms with Crippen LogP contribution in [-0.4, -0.2) is 19.5 Å². The molecule has 2 heterocycles. The van der Waals surface area contributed by atoms with Crippen molar-refractivity contribution in [1.29, 1.82) is 0 Å². The highest BCUT2D eigenvalue weighted by molar-refractivity contribution is 6.31. The van der Waals surface area contributed by atoms with E-state index in [2.05, 4.69) is 9.67 Å². The van der Waals surface area contributed by atoms with E-state index >= 15 is 0 Å². The summed E-state index contributed by atoms with van der Waals surface area (Å²) in [6.07, 6.45) is 5.79. The van der Waals surface area contributed by atoms with Crippen LogP contribution in [0.2, 0.25) is 5.02 Å². The molecule has 0 aliphatic heterocycles. The lowest BCUT2D eigenvalue weighted by Gasteiger charge is -2.03. The Bertz CT molecular complexity index is 729. The van der Waals surface area contributed by atoms with Gasteiger partial charge in [0, 0.05) is 41.0 Å². The van der Waals surface area contributed by atoms with Crippen molar-refractivity contribution in [2.45, 2.75) is 13.2 Å². The minimum atomic E-state index is 0.0260. The molecule has 5 heteroatoms. The maximum atomic E-state index is 9.43. The monoisotopic (exact) mass is 275 g/mol. The maximum absolute atomic E-state index is 9.43. The van der Waals surface area contributed by atoms with Crippen LogP contribution in [-0.2, 0) is 20.2 Å². The number of halogens is 1. The van der Waals surface area contributed by atoms with E-state index < -0.39 is 0 Å². The Labute approximate surface area is 115 Å². The smallest absolute Gasteiger partial charge is 0.0702 e. The molecule has 0 saturated heterocycles. The zero-order valence-corrected chi connectivity index (χ0v) is 11.3. The number of aryl methyl sites for hydroxylation is 1. The van der Waals surface area contributed by atoms with Gasteiger partial charge < -0.3 is 9.67 Å². The van der Waals surface area contributed by atoms with Gasteiger partial charge in [0.25, 0.3) is 0 Å². The fourth-order valence-corrected chi connectivity index (χ4v) is 2.51. The first-order valence-electron chi connectivity index (χ1n) is 6.03. The van der Waals surface area contributed by atoms with Crippen molar-refractivity contribution < 1.29 is 5.11 Å². The summed E-state index contributed by atoms with van der Waals surface area (Å²) in [5, 5.41) is 15.3. The van der Waals surface area contributed by atoms with Crippen LogP contribution < -0.4 is 0 Å². The van der Waals surface area contributed by atoms with Gasteiger partial charge in [0.2, 0.25) is 0 Å². The van der Waals surface area contributed by atoms with Crippen LogP contribution in [0.3, 0.4) is 0 Å². The number of hydrogen-bond acceptors (Lipinski definition) is 2. The van der Waals surface area contributed by atoms with E-state index in [-0.39, 0.29) is 6.61 Å². The summed E-state index contributed by atoms with van der Waals surface area (Å²) in [5.41, 5.74) is 3.06. The molecule has 1 aromatic carbocycles. The molecule has 0 fully saturated rings. The molecule has 19 heavy (non-hydrogen) atoms. The van der Waals surface area contributed by atoms with Gasteiger partial charge in [-0.2, -0.15) is 5.10 Å². The third-order valence-corrected chi connectivity index (χ3v) is 3.44. The Morgan fingerprint density at radius 3 is 2.84 bits per heavy atom. The highest BCUT2D eigenvalue weighted by atomic mass is 35.5. The van der Waals surface area contributed by atoms with Crippen LogP contribution >= 0.6 is 11.6 Å². The molecule has 0 atom stereocenters. The summed E-state index contributed by atoms with van der Waals surface area (Å²) >= 11 is 6.06. The van der Waals surface area contributed by atoms with Crippen LogP contribution in [0.15, 0.2) is 36.8 Å². The predicted molar refractivity (Wildman–Crippen MR) is 75.2 cm³/mol. The van der Waals surface area contributed by atoms with Crippen LogP contribution in [0.1, 0.15) is 11.1 Å². The first-order valence-corrected chi connectivity index (χ1v) is 6.41. The van der Waals surface area contributed by atoms with Gasteiger partial charge in [-0.1, -0.05) is 17.7 Å². The van der Waals surface area contributed by atoms with Gasteiger partial charge in [0.05, 0.1) is 24.9 Å². The molecule has 0 amide bonds. The molecule has 0 bridgehead atoms. The van der Waals surface area contributed by atoms with Crippen molar-refractivity contribution in [2.75, 3.05) is 0 Å². The van der Waals surface area contributed by atoms with Gasteiger partial charge in [-0.05, 0) is 12.1 Å². The largest absolute Gasteiger partial charge is 0.392 e. The molecule has 0 spiro atoms. The Hall–Kier alpha value is -1.78. The van der Waals surface area contributed by atoms with Gasteiger partial charge in [-0.25, -0.2) is 0 Å². The molecule has 98 valence electrons. The minimum Gasteiger partial charge on any atom is -0.392 e.